The fourth-order valence-corrected chi connectivity index (χ4v) is 3.89. The van der Waals surface area contributed by atoms with Gasteiger partial charge in [-0.25, -0.2) is 13.8 Å². The molecule has 1 aromatic carbocycles. The second-order valence-electron chi connectivity index (χ2n) is 6.45. The lowest BCUT2D eigenvalue weighted by atomic mass is 9.73. The third-order valence-electron chi connectivity index (χ3n) is 5.08. The summed E-state index contributed by atoms with van der Waals surface area (Å²) in [5.41, 5.74) is 1.18. The Balaban J connectivity index is 1.87. The van der Waals surface area contributed by atoms with Crippen molar-refractivity contribution in [3.05, 3.63) is 47.2 Å². The Labute approximate surface area is 143 Å². The molecule has 1 fully saturated rings. The van der Waals surface area contributed by atoms with E-state index in [4.69, 9.17) is 0 Å². The van der Waals surface area contributed by atoms with Gasteiger partial charge in [-0.05, 0) is 38.1 Å². The molecule has 0 amide bonds. The summed E-state index contributed by atoms with van der Waals surface area (Å²) < 4.78 is 29.0. The van der Waals surface area contributed by atoms with Crippen molar-refractivity contribution in [3.8, 4) is 6.07 Å². The summed E-state index contributed by atoms with van der Waals surface area (Å²) in [7, 11) is 0. The van der Waals surface area contributed by atoms with Gasteiger partial charge in [0.15, 0.2) is 5.82 Å². The molecule has 2 unspecified atom stereocenters. The van der Waals surface area contributed by atoms with Crippen LogP contribution < -0.4 is 5.32 Å². The van der Waals surface area contributed by atoms with Crippen molar-refractivity contribution < 1.29 is 8.78 Å². The zero-order valence-electron chi connectivity index (χ0n) is 13.5. The number of hydrogen-bond donors (Lipinski definition) is 2. The number of hydrogen-bond acceptors (Lipinski definition) is 4. The lowest BCUT2D eigenvalue weighted by Gasteiger charge is -2.33. The maximum absolute atomic E-state index is 14.5. The first-order valence-corrected chi connectivity index (χ1v) is 8.36. The number of piperidine rings is 1. The SMILES string of the molecule is N#CC1C(C2CCNCC2)=Nc2[nH]ncc2C1c1c(F)cccc1F. The van der Waals surface area contributed by atoms with Crippen molar-refractivity contribution in [2.45, 2.75) is 18.8 Å². The number of aromatic amines is 1. The number of nitrogens with one attached hydrogen (secondary N) is 2. The van der Waals surface area contributed by atoms with E-state index in [1.807, 2.05) is 0 Å². The molecule has 7 heteroatoms. The standard InChI is InChI=1S/C18H17F2N5/c19-13-2-1-3-14(20)16(13)15-11(8-21)17(10-4-6-22-7-5-10)24-18-12(15)9-23-25-18/h1-3,9-11,15,22H,4-7H2,(H,23,25). The van der Waals surface area contributed by atoms with Crippen LogP contribution in [0.2, 0.25) is 0 Å². The maximum Gasteiger partial charge on any atom is 0.151 e. The molecule has 25 heavy (non-hydrogen) atoms. The van der Waals surface area contributed by atoms with E-state index in [1.54, 1.807) is 0 Å². The zero-order chi connectivity index (χ0) is 17.4. The summed E-state index contributed by atoms with van der Waals surface area (Å²) in [6, 6.07) is 6.04. The minimum Gasteiger partial charge on any atom is -0.317 e. The van der Waals surface area contributed by atoms with Crippen LogP contribution in [0.3, 0.4) is 0 Å². The van der Waals surface area contributed by atoms with Crippen LogP contribution in [0.5, 0.6) is 0 Å². The summed E-state index contributed by atoms with van der Waals surface area (Å²) in [6.45, 7) is 1.69. The van der Waals surface area contributed by atoms with Crippen molar-refractivity contribution in [3.63, 3.8) is 0 Å². The highest BCUT2D eigenvalue weighted by molar-refractivity contribution is 5.96. The molecule has 2 aromatic rings. The number of aliphatic imine (C=N–C) groups is 1. The number of nitrogens with zero attached hydrogens (tertiary/aromatic N) is 3. The Morgan fingerprint density at radius 3 is 2.56 bits per heavy atom. The van der Waals surface area contributed by atoms with Crippen LogP contribution in [0, 0.1) is 34.8 Å². The third-order valence-corrected chi connectivity index (χ3v) is 5.08. The van der Waals surface area contributed by atoms with Gasteiger partial charge in [-0.1, -0.05) is 6.07 Å². The Bertz CT molecular complexity index is 840. The van der Waals surface area contributed by atoms with E-state index < -0.39 is 23.5 Å². The van der Waals surface area contributed by atoms with Crippen LogP contribution in [0.15, 0.2) is 29.4 Å². The van der Waals surface area contributed by atoms with Crippen molar-refractivity contribution in [1.29, 1.82) is 5.26 Å². The van der Waals surface area contributed by atoms with Gasteiger partial charge in [0.05, 0.1) is 18.2 Å². The topological polar surface area (TPSA) is 76.9 Å². The summed E-state index contributed by atoms with van der Waals surface area (Å²) in [5, 5.41) is 19.9. The molecule has 0 bridgehead atoms. The van der Waals surface area contributed by atoms with E-state index in [1.165, 1.54) is 24.4 Å². The number of aromatic nitrogens is 2. The molecule has 0 saturated carbocycles. The Morgan fingerprint density at radius 1 is 1.16 bits per heavy atom. The van der Waals surface area contributed by atoms with Crippen molar-refractivity contribution in [1.82, 2.24) is 15.5 Å². The van der Waals surface area contributed by atoms with Gasteiger partial charge < -0.3 is 5.32 Å². The van der Waals surface area contributed by atoms with Gasteiger partial charge in [0.2, 0.25) is 0 Å². The summed E-state index contributed by atoms with van der Waals surface area (Å²) in [4.78, 5) is 4.62. The molecule has 1 saturated heterocycles. The quantitative estimate of drug-likeness (QED) is 0.881. The Hall–Kier alpha value is -2.59. The zero-order valence-corrected chi connectivity index (χ0v) is 13.5. The molecule has 2 aliphatic heterocycles. The number of fused-ring (bicyclic) bond motifs is 1. The maximum atomic E-state index is 14.5. The highest BCUT2D eigenvalue weighted by Crippen LogP contribution is 2.44. The number of rotatable bonds is 2. The number of benzene rings is 1. The minimum atomic E-state index is -0.748. The minimum absolute atomic E-state index is 0.0852. The van der Waals surface area contributed by atoms with Crippen LogP contribution in [-0.4, -0.2) is 29.0 Å². The van der Waals surface area contributed by atoms with Crippen molar-refractivity contribution in [2.24, 2.45) is 16.8 Å². The summed E-state index contributed by atoms with van der Waals surface area (Å²) in [6.07, 6.45) is 3.22. The van der Waals surface area contributed by atoms with Gasteiger partial charge in [0, 0.05) is 28.7 Å². The van der Waals surface area contributed by atoms with E-state index in [9.17, 15) is 14.0 Å². The van der Waals surface area contributed by atoms with Crippen LogP contribution in [0.25, 0.3) is 0 Å². The normalized spacial score (nSPS) is 23.6. The molecule has 1 aromatic heterocycles. The second kappa shape index (κ2) is 6.37. The molecule has 0 spiro atoms. The lowest BCUT2D eigenvalue weighted by molar-refractivity contribution is 0.440. The average Bonchev–Trinajstić information content (AvgIpc) is 3.10. The fourth-order valence-electron chi connectivity index (χ4n) is 3.89. The largest absolute Gasteiger partial charge is 0.317 e. The lowest BCUT2D eigenvalue weighted by Crippen LogP contribution is -2.37. The Kier molecular flexibility index (Phi) is 4.06. The van der Waals surface area contributed by atoms with Gasteiger partial charge in [0.1, 0.15) is 11.6 Å². The first-order chi connectivity index (χ1) is 12.2. The molecular weight excluding hydrogens is 324 g/mol. The van der Waals surface area contributed by atoms with E-state index in [0.717, 1.165) is 25.9 Å². The smallest absolute Gasteiger partial charge is 0.151 e. The van der Waals surface area contributed by atoms with E-state index in [2.05, 4.69) is 26.6 Å². The third kappa shape index (κ3) is 2.63. The van der Waals surface area contributed by atoms with Gasteiger partial charge >= 0.3 is 0 Å². The molecule has 0 radical (unpaired) electrons. The van der Waals surface area contributed by atoms with E-state index in [-0.39, 0.29) is 11.5 Å². The molecule has 2 atom stereocenters. The first kappa shape index (κ1) is 15.9. The van der Waals surface area contributed by atoms with Crippen molar-refractivity contribution in [2.75, 3.05) is 13.1 Å². The predicted molar refractivity (Wildman–Crippen MR) is 88.6 cm³/mol. The molecule has 4 rings (SSSR count). The number of halogens is 2. The monoisotopic (exact) mass is 341 g/mol. The number of H-pyrrole nitrogens is 1. The van der Waals surface area contributed by atoms with Gasteiger partial charge in [0.25, 0.3) is 0 Å². The summed E-state index contributed by atoms with van der Waals surface area (Å²) >= 11 is 0. The average molecular weight is 341 g/mol. The second-order valence-corrected chi connectivity index (χ2v) is 6.45. The van der Waals surface area contributed by atoms with E-state index in [0.29, 0.717) is 17.1 Å². The highest BCUT2D eigenvalue weighted by atomic mass is 19.1. The van der Waals surface area contributed by atoms with Gasteiger partial charge in [-0.3, -0.25) is 5.10 Å². The summed E-state index contributed by atoms with van der Waals surface area (Å²) in [5.74, 6) is -2.14. The molecular formula is C18H17F2N5. The van der Waals surface area contributed by atoms with Crippen LogP contribution in [0.1, 0.15) is 29.9 Å². The van der Waals surface area contributed by atoms with Crippen molar-refractivity contribution >= 4 is 11.5 Å². The highest BCUT2D eigenvalue weighted by Gasteiger charge is 2.41. The molecule has 3 heterocycles. The van der Waals surface area contributed by atoms with Gasteiger partial charge in [-0.15, -0.1) is 0 Å². The Morgan fingerprint density at radius 2 is 1.88 bits per heavy atom. The van der Waals surface area contributed by atoms with Crippen LogP contribution >= 0.6 is 0 Å². The predicted octanol–water partition coefficient (Wildman–Crippen LogP) is 3.05. The van der Waals surface area contributed by atoms with Gasteiger partial charge in [-0.2, -0.15) is 10.4 Å². The first-order valence-electron chi connectivity index (χ1n) is 8.36. The molecule has 5 nitrogen and oxygen atoms in total. The van der Waals surface area contributed by atoms with E-state index >= 15 is 0 Å². The molecule has 0 aliphatic carbocycles. The van der Waals surface area contributed by atoms with Crippen LogP contribution in [0.4, 0.5) is 14.6 Å². The molecule has 2 aliphatic rings. The number of nitriles is 1. The molecule has 128 valence electrons. The van der Waals surface area contributed by atoms with Crippen LogP contribution in [-0.2, 0) is 0 Å². The molecule has 2 N–H and O–H groups in total. The fraction of sp³-hybridized carbons (Fsp3) is 0.389.